The molecule has 1 unspecified atom stereocenters. The highest BCUT2D eigenvalue weighted by atomic mass is 16.3. The zero-order chi connectivity index (χ0) is 10.1. The van der Waals surface area contributed by atoms with Gasteiger partial charge in [-0.05, 0) is 26.9 Å². The van der Waals surface area contributed by atoms with Gasteiger partial charge in [0.05, 0.1) is 0 Å². The van der Waals surface area contributed by atoms with Crippen molar-refractivity contribution in [1.29, 1.82) is 0 Å². The van der Waals surface area contributed by atoms with Gasteiger partial charge < -0.3 is 5.11 Å². The Morgan fingerprint density at radius 1 is 1.00 bits per heavy atom. The van der Waals surface area contributed by atoms with E-state index in [-0.39, 0.29) is 6.23 Å². The highest BCUT2D eigenvalue weighted by Gasteiger charge is 2.04. The van der Waals surface area contributed by atoms with Gasteiger partial charge in [0.1, 0.15) is 6.23 Å². The Kier molecular flexibility index (Phi) is 8.46. The van der Waals surface area contributed by atoms with Crippen LogP contribution in [0.2, 0.25) is 0 Å². The molecule has 0 aromatic carbocycles. The molecule has 0 aliphatic heterocycles. The van der Waals surface area contributed by atoms with Gasteiger partial charge in [0, 0.05) is 0 Å². The molecule has 0 bridgehead atoms. The third-order valence-corrected chi connectivity index (χ3v) is 2.41. The molecule has 0 aliphatic carbocycles. The Labute approximate surface area is 82.9 Å². The lowest BCUT2D eigenvalue weighted by atomic mass is 10.1. The van der Waals surface area contributed by atoms with Crippen molar-refractivity contribution in [3.63, 3.8) is 0 Å². The first-order valence-corrected chi connectivity index (χ1v) is 5.53. The minimum Gasteiger partial charge on any atom is -0.378 e. The van der Waals surface area contributed by atoms with E-state index in [4.69, 9.17) is 0 Å². The zero-order valence-corrected chi connectivity index (χ0v) is 9.42. The summed E-state index contributed by atoms with van der Waals surface area (Å²) in [7, 11) is 3.84. The molecule has 0 rings (SSSR count). The Hall–Kier alpha value is -0.0800. The predicted molar refractivity (Wildman–Crippen MR) is 57.7 cm³/mol. The van der Waals surface area contributed by atoms with Crippen molar-refractivity contribution in [2.45, 2.75) is 58.1 Å². The van der Waals surface area contributed by atoms with Gasteiger partial charge in [-0.1, -0.05) is 39.0 Å². The van der Waals surface area contributed by atoms with Crippen molar-refractivity contribution in [3.05, 3.63) is 0 Å². The van der Waals surface area contributed by atoms with Crippen LogP contribution in [0.4, 0.5) is 0 Å². The summed E-state index contributed by atoms with van der Waals surface area (Å²) in [6, 6.07) is 0. The van der Waals surface area contributed by atoms with Gasteiger partial charge >= 0.3 is 0 Å². The average molecular weight is 187 g/mol. The van der Waals surface area contributed by atoms with Crippen molar-refractivity contribution in [2.75, 3.05) is 14.1 Å². The summed E-state index contributed by atoms with van der Waals surface area (Å²) < 4.78 is 0. The maximum absolute atomic E-state index is 9.46. The maximum Gasteiger partial charge on any atom is 0.106 e. The fourth-order valence-electron chi connectivity index (χ4n) is 1.37. The molecule has 80 valence electrons. The molecule has 0 saturated heterocycles. The van der Waals surface area contributed by atoms with E-state index in [2.05, 4.69) is 6.92 Å². The van der Waals surface area contributed by atoms with E-state index < -0.39 is 0 Å². The molecule has 1 N–H and O–H groups in total. The molecule has 0 fully saturated rings. The second kappa shape index (κ2) is 8.52. The molecule has 0 aromatic rings. The van der Waals surface area contributed by atoms with Gasteiger partial charge in [0.15, 0.2) is 0 Å². The molecule has 0 heterocycles. The smallest absolute Gasteiger partial charge is 0.106 e. The SMILES string of the molecule is CCCCCCCCC(O)N(C)C. The quantitative estimate of drug-likeness (QED) is 0.466. The minimum absolute atomic E-state index is 0.244. The average Bonchev–Trinajstić information content (AvgIpc) is 2.10. The number of nitrogens with zero attached hydrogens (tertiary/aromatic N) is 1. The van der Waals surface area contributed by atoms with E-state index in [0.717, 1.165) is 12.8 Å². The van der Waals surface area contributed by atoms with Crippen LogP contribution in [-0.2, 0) is 0 Å². The van der Waals surface area contributed by atoms with Crippen molar-refractivity contribution >= 4 is 0 Å². The van der Waals surface area contributed by atoms with E-state index in [9.17, 15) is 5.11 Å². The molecule has 0 spiro atoms. The van der Waals surface area contributed by atoms with Crippen LogP contribution < -0.4 is 0 Å². The van der Waals surface area contributed by atoms with Crippen LogP contribution >= 0.6 is 0 Å². The summed E-state index contributed by atoms with van der Waals surface area (Å²) in [5.74, 6) is 0. The molecule has 0 aromatic heterocycles. The monoisotopic (exact) mass is 187 g/mol. The van der Waals surface area contributed by atoms with E-state index in [1.807, 2.05) is 19.0 Å². The summed E-state index contributed by atoms with van der Waals surface area (Å²) in [4.78, 5) is 1.87. The molecule has 0 radical (unpaired) electrons. The normalized spacial score (nSPS) is 13.6. The summed E-state index contributed by atoms with van der Waals surface area (Å²) in [5, 5.41) is 9.46. The summed E-state index contributed by atoms with van der Waals surface area (Å²) >= 11 is 0. The van der Waals surface area contributed by atoms with Crippen LogP contribution in [0, 0.1) is 0 Å². The van der Waals surface area contributed by atoms with Crippen LogP contribution in [0.5, 0.6) is 0 Å². The first kappa shape index (κ1) is 12.9. The number of unbranched alkanes of at least 4 members (excludes halogenated alkanes) is 5. The zero-order valence-electron chi connectivity index (χ0n) is 9.42. The highest BCUT2D eigenvalue weighted by molar-refractivity contribution is 4.52. The van der Waals surface area contributed by atoms with Crippen LogP contribution in [0.3, 0.4) is 0 Å². The molecule has 1 atom stereocenters. The summed E-state index contributed by atoms with van der Waals surface area (Å²) in [6.07, 6.45) is 8.44. The number of hydrogen-bond acceptors (Lipinski definition) is 2. The molecule has 2 heteroatoms. The molecular weight excluding hydrogens is 162 g/mol. The maximum atomic E-state index is 9.46. The largest absolute Gasteiger partial charge is 0.378 e. The van der Waals surface area contributed by atoms with Gasteiger partial charge in [-0.15, -0.1) is 0 Å². The van der Waals surface area contributed by atoms with Gasteiger partial charge in [0.25, 0.3) is 0 Å². The standard InChI is InChI=1S/C11H25NO/c1-4-5-6-7-8-9-10-11(13)12(2)3/h11,13H,4-10H2,1-3H3. The van der Waals surface area contributed by atoms with Crippen LogP contribution in [-0.4, -0.2) is 30.3 Å². The van der Waals surface area contributed by atoms with Gasteiger partial charge in [-0.3, -0.25) is 4.90 Å². The third kappa shape index (κ3) is 8.26. The first-order valence-electron chi connectivity index (χ1n) is 5.53. The highest BCUT2D eigenvalue weighted by Crippen LogP contribution is 2.09. The molecule has 2 nitrogen and oxygen atoms in total. The second-order valence-electron chi connectivity index (χ2n) is 4.00. The fourth-order valence-corrected chi connectivity index (χ4v) is 1.37. The van der Waals surface area contributed by atoms with Gasteiger partial charge in [0.2, 0.25) is 0 Å². The summed E-state index contributed by atoms with van der Waals surface area (Å²) in [6.45, 7) is 2.23. The van der Waals surface area contributed by atoms with Crippen LogP contribution in [0.1, 0.15) is 51.9 Å². The van der Waals surface area contributed by atoms with E-state index in [1.54, 1.807) is 0 Å². The summed E-state index contributed by atoms with van der Waals surface area (Å²) in [5.41, 5.74) is 0. The molecular formula is C11H25NO. The minimum atomic E-state index is -0.244. The van der Waals surface area contributed by atoms with Crippen molar-refractivity contribution in [1.82, 2.24) is 4.90 Å². The van der Waals surface area contributed by atoms with Gasteiger partial charge in [-0.2, -0.15) is 0 Å². The fraction of sp³-hybridized carbons (Fsp3) is 1.00. The van der Waals surface area contributed by atoms with Crippen molar-refractivity contribution < 1.29 is 5.11 Å². The lowest BCUT2D eigenvalue weighted by Crippen LogP contribution is -2.27. The van der Waals surface area contributed by atoms with Crippen LogP contribution in [0.15, 0.2) is 0 Å². The van der Waals surface area contributed by atoms with E-state index >= 15 is 0 Å². The number of rotatable bonds is 8. The van der Waals surface area contributed by atoms with Crippen LogP contribution in [0.25, 0.3) is 0 Å². The lowest BCUT2D eigenvalue weighted by Gasteiger charge is -2.17. The second-order valence-corrected chi connectivity index (χ2v) is 4.00. The lowest BCUT2D eigenvalue weighted by molar-refractivity contribution is 0.0313. The molecule has 0 amide bonds. The third-order valence-electron chi connectivity index (χ3n) is 2.41. The first-order chi connectivity index (χ1) is 6.18. The Morgan fingerprint density at radius 2 is 1.54 bits per heavy atom. The Balaban J connectivity index is 3.07. The number of aliphatic hydroxyl groups excluding tert-OH is 1. The topological polar surface area (TPSA) is 23.5 Å². The van der Waals surface area contributed by atoms with E-state index in [0.29, 0.717) is 0 Å². The number of hydrogen-bond donors (Lipinski definition) is 1. The Bertz CT molecular complexity index is 104. The molecule has 13 heavy (non-hydrogen) atoms. The predicted octanol–water partition coefficient (Wildman–Crippen LogP) is 2.62. The van der Waals surface area contributed by atoms with Crippen molar-refractivity contribution in [2.24, 2.45) is 0 Å². The van der Waals surface area contributed by atoms with E-state index in [1.165, 1.54) is 32.1 Å². The number of aliphatic hydroxyl groups is 1. The van der Waals surface area contributed by atoms with Gasteiger partial charge in [-0.25, -0.2) is 0 Å². The molecule has 0 aliphatic rings. The van der Waals surface area contributed by atoms with Crippen molar-refractivity contribution in [3.8, 4) is 0 Å². The Morgan fingerprint density at radius 3 is 2.08 bits per heavy atom. The molecule has 0 saturated carbocycles.